The predicted molar refractivity (Wildman–Crippen MR) is 129 cm³/mol. The van der Waals surface area contributed by atoms with Gasteiger partial charge in [0.1, 0.15) is 5.84 Å². The Morgan fingerprint density at radius 2 is 1.88 bits per heavy atom. The molecule has 2 aromatic heterocycles. The summed E-state index contributed by atoms with van der Waals surface area (Å²) >= 11 is 0. The minimum atomic E-state index is -0.267. The van der Waals surface area contributed by atoms with Gasteiger partial charge in [-0.2, -0.15) is 5.10 Å². The molecular weight excluding hydrogens is 414 g/mol. The van der Waals surface area contributed by atoms with Crippen LogP contribution >= 0.6 is 0 Å². The number of pyridine rings is 1. The van der Waals surface area contributed by atoms with Crippen molar-refractivity contribution in [1.29, 1.82) is 0 Å². The van der Waals surface area contributed by atoms with Gasteiger partial charge in [0.2, 0.25) is 0 Å². The van der Waals surface area contributed by atoms with E-state index < -0.39 is 0 Å². The smallest absolute Gasteiger partial charge is 0.267 e. The van der Waals surface area contributed by atoms with Gasteiger partial charge < -0.3 is 5.32 Å². The van der Waals surface area contributed by atoms with Gasteiger partial charge in [0.25, 0.3) is 11.5 Å². The molecule has 0 radical (unpaired) electrons. The summed E-state index contributed by atoms with van der Waals surface area (Å²) in [5.74, 6) is 0.234. The molecule has 4 rings (SSSR count). The summed E-state index contributed by atoms with van der Waals surface area (Å²) in [4.78, 5) is 33.7. The molecule has 0 fully saturated rings. The molecule has 33 heavy (non-hydrogen) atoms. The fourth-order valence-corrected chi connectivity index (χ4v) is 3.35. The third-order valence-corrected chi connectivity index (χ3v) is 5.04. The Morgan fingerprint density at radius 1 is 1.03 bits per heavy atom. The Labute approximate surface area is 191 Å². The zero-order valence-electron chi connectivity index (χ0n) is 18.4. The molecule has 7 nitrogen and oxygen atoms in total. The van der Waals surface area contributed by atoms with E-state index in [0.717, 1.165) is 22.4 Å². The second-order valence-corrected chi connectivity index (χ2v) is 7.59. The third kappa shape index (κ3) is 5.46. The average Bonchev–Trinajstić information content (AvgIpc) is 2.83. The number of aromatic nitrogens is 3. The standard InChI is InChI=1S/C26H23N5O2/c1-18-7-3-4-11-23(18)28-19(2)29-26(33)21-9-5-8-20(15-21)17-31-25(32)13-12-24(30-31)22-10-6-14-27-16-22/h3-16H,17H2,1-2H3,(H,28,29,33). The number of para-hydroxylation sites is 1. The van der Waals surface area contributed by atoms with E-state index in [1.807, 2.05) is 49.4 Å². The summed E-state index contributed by atoms with van der Waals surface area (Å²) in [6.07, 6.45) is 3.38. The fraction of sp³-hybridized carbons (Fsp3) is 0.115. The molecule has 0 spiro atoms. The van der Waals surface area contributed by atoms with E-state index >= 15 is 0 Å². The van der Waals surface area contributed by atoms with Crippen LogP contribution in [-0.2, 0) is 6.54 Å². The number of nitrogens with zero attached hydrogens (tertiary/aromatic N) is 4. The second-order valence-electron chi connectivity index (χ2n) is 7.59. The van der Waals surface area contributed by atoms with Crippen molar-refractivity contribution in [3.63, 3.8) is 0 Å². The van der Waals surface area contributed by atoms with Crippen LogP contribution in [0.2, 0.25) is 0 Å². The highest BCUT2D eigenvalue weighted by molar-refractivity contribution is 6.06. The molecule has 1 amide bonds. The lowest BCUT2D eigenvalue weighted by atomic mass is 10.1. The number of amidine groups is 1. The number of hydrogen-bond acceptors (Lipinski definition) is 5. The maximum Gasteiger partial charge on any atom is 0.267 e. The van der Waals surface area contributed by atoms with Crippen LogP contribution in [0.25, 0.3) is 11.3 Å². The second kappa shape index (κ2) is 9.82. The van der Waals surface area contributed by atoms with Crippen molar-refractivity contribution in [2.75, 3.05) is 0 Å². The lowest BCUT2D eigenvalue weighted by Gasteiger charge is -2.09. The van der Waals surface area contributed by atoms with Crippen molar-refractivity contribution in [3.8, 4) is 11.3 Å². The minimum absolute atomic E-state index is 0.223. The summed E-state index contributed by atoms with van der Waals surface area (Å²) in [5, 5.41) is 7.29. The van der Waals surface area contributed by atoms with Crippen LogP contribution in [0.4, 0.5) is 5.69 Å². The number of aryl methyl sites for hydroxylation is 1. The molecule has 0 bridgehead atoms. The van der Waals surface area contributed by atoms with Gasteiger partial charge in [-0.25, -0.2) is 9.67 Å². The largest absolute Gasteiger partial charge is 0.310 e. The SMILES string of the molecule is C/C(=N\c1ccccc1C)NC(=O)c1cccc(Cn2nc(-c3cccnc3)ccc2=O)c1. The number of amides is 1. The molecule has 7 heteroatoms. The van der Waals surface area contributed by atoms with Gasteiger partial charge in [-0.15, -0.1) is 0 Å². The molecule has 1 N–H and O–H groups in total. The molecule has 0 atom stereocenters. The third-order valence-electron chi connectivity index (χ3n) is 5.04. The zero-order chi connectivity index (χ0) is 23.2. The Morgan fingerprint density at radius 3 is 2.67 bits per heavy atom. The van der Waals surface area contributed by atoms with Crippen LogP contribution in [0.3, 0.4) is 0 Å². The van der Waals surface area contributed by atoms with Gasteiger partial charge in [0.15, 0.2) is 0 Å². The minimum Gasteiger partial charge on any atom is -0.310 e. The Balaban J connectivity index is 1.52. The normalized spacial score (nSPS) is 11.3. The molecule has 4 aromatic rings. The Kier molecular flexibility index (Phi) is 6.50. The fourth-order valence-electron chi connectivity index (χ4n) is 3.35. The highest BCUT2D eigenvalue weighted by Gasteiger charge is 2.10. The molecule has 0 unspecified atom stereocenters. The molecule has 0 aliphatic rings. The molecule has 2 aromatic carbocycles. The molecule has 0 saturated heterocycles. The van der Waals surface area contributed by atoms with Crippen molar-refractivity contribution >= 4 is 17.4 Å². The molecule has 0 aliphatic carbocycles. The van der Waals surface area contributed by atoms with Crippen molar-refractivity contribution in [3.05, 3.63) is 112 Å². The van der Waals surface area contributed by atoms with Gasteiger partial charge in [-0.05, 0) is 61.4 Å². The first-order chi connectivity index (χ1) is 16.0. The van der Waals surface area contributed by atoms with Gasteiger partial charge >= 0.3 is 0 Å². The van der Waals surface area contributed by atoms with Gasteiger partial charge in [-0.3, -0.25) is 14.6 Å². The lowest BCUT2D eigenvalue weighted by Crippen LogP contribution is -2.28. The van der Waals surface area contributed by atoms with E-state index in [1.165, 1.54) is 10.7 Å². The lowest BCUT2D eigenvalue weighted by molar-refractivity contribution is 0.0977. The first-order valence-corrected chi connectivity index (χ1v) is 10.5. The first-order valence-electron chi connectivity index (χ1n) is 10.5. The number of rotatable bonds is 5. The predicted octanol–water partition coefficient (Wildman–Crippen LogP) is 4.14. The summed E-state index contributed by atoms with van der Waals surface area (Å²) in [6, 6.07) is 21.7. The summed E-state index contributed by atoms with van der Waals surface area (Å²) in [6.45, 7) is 3.96. The number of aliphatic imine (C=N–C) groups is 1. The number of carbonyl (C=O) groups excluding carboxylic acids is 1. The molecule has 2 heterocycles. The number of nitrogens with one attached hydrogen (secondary N) is 1. The van der Waals surface area contributed by atoms with E-state index in [4.69, 9.17) is 0 Å². The van der Waals surface area contributed by atoms with E-state index in [9.17, 15) is 9.59 Å². The van der Waals surface area contributed by atoms with Crippen molar-refractivity contribution in [2.45, 2.75) is 20.4 Å². The topological polar surface area (TPSA) is 89.2 Å². The molecule has 0 aliphatic heterocycles. The molecule has 164 valence electrons. The van der Waals surface area contributed by atoms with Crippen molar-refractivity contribution in [2.24, 2.45) is 4.99 Å². The summed E-state index contributed by atoms with van der Waals surface area (Å²) in [5.41, 5.74) is 4.35. The van der Waals surface area contributed by atoms with Crippen molar-refractivity contribution < 1.29 is 4.79 Å². The quantitative estimate of drug-likeness (QED) is 0.375. The van der Waals surface area contributed by atoms with E-state index in [0.29, 0.717) is 17.1 Å². The van der Waals surface area contributed by atoms with Gasteiger partial charge in [-0.1, -0.05) is 30.3 Å². The van der Waals surface area contributed by atoms with Crippen LogP contribution in [0, 0.1) is 6.92 Å². The van der Waals surface area contributed by atoms with Crippen LogP contribution in [0.5, 0.6) is 0 Å². The van der Waals surface area contributed by atoms with Crippen LogP contribution in [0.1, 0.15) is 28.4 Å². The Bertz CT molecular complexity index is 1380. The van der Waals surface area contributed by atoms with Crippen LogP contribution < -0.4 is 10.9 Å². The van der Waals surface area contributed by atoms with E-state index in [2.05, 4.69) is 20.4 Å². The Hall–Kier alpha value is -4.39. The van der Waals surface area contributed by atoms with Gasteiger partial charge in [0, 0.05) is 29.6 Å². The first kappa shape index (κ1) is 21.8. The van der Waals surface area contributed by atoms with Crippen LogP contribution in [0.15, 0.2) is 95.0 Å². The average molecular weight is 438 g/mol. The number of benzene rings is 2. The summed E-state index contributed by atoms with van der Waals surface area (Å²) < 4.78 is 1.38. The van der Waals surface area contributed by atoms with E-state index in [-0.39, 0.29) is 18.0 Å². The summed E-state index contributed by atoms with van der Waals surface area (Å²) in [7, 11) is 0. The number of hydrogen-bond donors (Lipinski definition) is 1. The van der Waals surface area contributed by atoms with E-state index in [1.54, 1.807) is 43.6 Å². The maximum absolute atomic E-state index is 12.8. The van der Waals surface area contributed by atoms with Crippen molar-refractivity contribution in [1.82, 2.24) is 20.1 Å². The highest BCUT2D eigenvalue weighted by atomic mass is 16.1. The molecule has 0 saturated carbocycles. The van der Waals surface area contributed by atoms with Gasteiger partial charge in [0.05, 0.1) is 17.9 Å². The zero-order valence-corrected chi connectivity index (χ0v) is 18.4. The maximum atomic E-state index is 12.8. The number of carbonyl (C=O) groups is 1. The highest BCUT2D eigenvalue weighted by Crippen LogP contribution is 2.17. The monoisotopic (exact) mass is 437 g/mol. The molecular formula is C26H23N5O2. The van der Waals surface area contributed by atoms with Crippen LogP contribution in [-0.4, -0.2) is 26.5 Å².